The molecular formula is C22H21F6N5O4S. The maximum absolute atomic E-state index is 13.0. The third-order valence-corrected chi connectivity index (χ3v) is 7.66. The highest BCUT2D eigenvalue weighted by Gasteiger charge is 2.37. The number of ether oxygens (including phenoxy) is 1. The number of carbonyl (C=O) groups excluding carboxylic acids is 1. The Balaban J connectivity index is 1.29. The number of alkyl halides is 6. The van der Waals surface area contributed by atoms with E-state index >= 15 is 0 Å². The van der Waals surface area contributed by atoms with Crippen LogP contribution in [-0.4, -0.2) is 78.2 Å². The largest absolute Gasteiger partial charge is 0.445 e. The highest BCUT2D eigenvalue weighted by atomic mass is 32.2. The average Bonchev–Trinajstić information content (AvgIpc) is 3.33. The van der Waals surface area contributed by atoms with E-state index in [2.05, 4.69) is 15.4 Å². The fourth-order valence-electron chi connectivity index (χ4n) is 3.87. The summed E-state index contributed by atoms with van der Waals surface area (Å²) in [6.07, 6.45) is -10.9. The number of aromatic nitrogens is 3. The van der Waals surface area contributed by atoms with Crippen molar-refractivity contribution in [1.29, 1.82) is 0 Å². The zero-order valence-electron chi connectivity index (χ0n) is 19.5. The zero-order valence-corrected chi connectivity index (χ0v) is 20.3. The van der Waals surface area contributed by atoms with Crippen molar-refractivity contribution in [3.8, 4) is 0 Å². The van der Waals surface area contributed by atoms with Crippen molar-refractivity contribution in [2.24, 2.45) is 0 Å². The van der Waals surface area contributed by atoms with Crippen LogP contribution in [0.1, 0.15) is 16.7 Å². The summed E-state index contributed by atoms with van der Waals surface area (Å²) in [6.45, 7) is 0.288. The lowest BCUT2D eigenvalue weighted by atomic mass is 10.1. The van der Waals surface area contributed by atoms with E-state index in [1.807, 2.05) is 4.90 Å². The summed E-state index contributed by atoms with van der Waals surface area (Å²) in [5.41, 5.74) is -2.50. The molecule has 0 saturated carbocycles. The number of carbonyl (C=O) groups is 1. The van der Waals surface area contributed by atoms with Crippen LogP contribution >= 0.6 is 0 Å². The number of nitrogens with one attached hydrogen (secondary N) is 1. The number of piperazine rings is 1. The molecule has 1 aromatic heterocycles. The highest BCUT2D eigenvalue weighted by molar-refractivity contribution is 7.91. The van der Waals surface area contributed by atoms with Crippen LogP contribution in [0.25, 0.3) is 11.0 Å². The second-order valence-electron chi connectivity index (χ2n) is 8.59. The molecule has 38 heavy (non-hydrogen) atoms. The molecule has 16 heteroatoms. The van der Waals surface area contributed by atoms with Gasteiger partial charge >= 0.3 is 18.4 Å². The van der Waals surface area contributed by atoms with Gasteiger partial charge in [-0.05, 0) is 42.0 Å². The first-order valence-corrected chi connectivity index (χ1v) is 12.8. The van der Waals surface area contributed by atoms with Crippen molar-refractivity contribution in [3.63, 3.8) is 0 Å². The lowest BCUT2D eigenvalue weighted by Crippen LogP contribution is -2.49. The Morgan fingerprint density at radius 3 is 2.11 bits per heavy atom. The van der Waals surface area contributed by atoms with E-state index in [1.165, 1.54) is 17.0 Å². The molecule has 0 unspecified atom stereocenters. The van der Waals surface area contributed by atoms with Gasteiger partial charge in [-0.15, -0.1) is 0 Å². The number of amides is 1. The minimum absolute atomic E-state index is 0.00254. The third-order valence-electron chi connectivity index (χ3n) is 5.96. The van der Waals surface area contributed by atoms with Crippen molar-refractivity contribution in [1.82, 2.24) is 25.2 Å². The minimum Gasteiger partial charge on any atom is -0.445 e. The molecule has 0 atom stereocenters. The number of aromatic amines is 1. The van der Waals surface area contributed by atoms with Gasteiger partial charge in [0.1, 0.15) is 17.6 Å². The summed E-state index contributed by atoms with van der Waals surface area (Å²) in [5, 5.41) is 10.2. The van der Waals surface area contributed by atoms with Crippen LogP contribution < -0.4 is 0 Å². The summed E-state index contributed by atoms with van der Waals surface area (Å²) in [7, 11) is -3.62. The summed E-state index contributed by atoms with van der Waals surface area (Å²) < 4.78 is 108. The number of nitrogens with zero attached hydrogens (tertiary/aromatic N) is 4. The van der Waals surface area contributed by atoms with Crippen molar-refractivity contribution < 1.29 is 44.3 Å². The van der Waals surface area contributed by atoms with Gasteiger partial charge in [0, 0.05) is 32.7 Å². The molecule has 0 radical (unpaired) electrons. The van der Waals surface area contributed by atoms with Crippen LogP contribution in [0.2, 0.25) is 0 Å². The quantitative estimate of drug-likeness (QED) is 0.454. The molecule has 1 amide bonds. The number of H-pyrrole nitrogens is 1. The molecule has 4 rings (SSSR count). The Morgan fingerprint density at radius 1 is 0.895 bits per heavy atom. The number of halogens is 6. The van der Waals surface area contributed by atoms with Crippen LogP contribution in [0.15, 0.2) is 41.3 Å². The number of rotatable bonds is 6. The maximum Gasteiger partial charge on any atom is 0.416 e. The summed E-state index contributed by atoms with van der Waals surface area (Å²) in [5.74, 6) is -0.183. The van der Waals surface area contributed by atoms with Crippen molar-refractivity contribution in [2.45, 2.75) is 23.9 Å². The van der Waals surface area contributed by atoms with Crippen LogP contribution in [0, 0.1) is 0 Å². The molecule has 2 aromatic carbocycles. The van der Waals surface area contributed by atoms with Gasteiger partial charge in [0.05, 0.1) is 21.8 Å². The molecule has 1 fully saturated rings. The highest BCUT2D eigenvalue weighted by Crippen LogP contribution is 2.36. The minimum atomic E-state index is -5.01. The van der Waals surface area contributed by atoms with E-state index in [4.69, 9.17) is 4.74 Å². The summed E-state index contributed by atoms with van der Waals surface area (Å²) in [6, 6.07) is 5.40. The predicted octanol–water partition coefficient (Wildman–Crippen LogP) is 3.72. The molecule has 2 heterocycles. The van der Waals surface area contributed by atoms with Crippen molar-refractivity contribution >= 4 is 27.0 Å². The molecule has 1 saturated heterocycles. The van der Waals surface area contributed by atoms with Crippen molar-refractivity contribution in [2.75, 3.05) is 38.5 Å². The normalized spacial score (nSPS) is 15.7. The Kier molecular flexibility index (Phi) is 7.56. The Labute approximate surface area is 212 Å². The van der Waals surface area contributed by atoms with Crippen LogP contribution in [0.5, 0.6) is 0 Å². The SMILES string of the molecule is O=C(OCc1cc(C(F)(F)F)cc(C(F)(F)F)c1)N1CCN(CCS(=O)(=O)c2ccc3n[nH]nc3c2)CC1. The van der Waals surface area contributed by atoms with E-state index in [9.17, 15) is 39.6 Å². The Hall–Kier alpha value is -3.40. The first-order valence-electron chi connectivity index (χ1n) is 11.2. The van der Waals surface area contributed by atoms with Gasteiger partial charge in [0.2, 0.25) is 0 Å². The Bertz CT molecular complexity index is 1380. The molecule has 0 spiro atoms. The van der Waals surface area contributed by atoms with Crippen LogP contribution in [0.4, 0.5) is 31.1 Å². The molecule has 206 valence electrons. The van der Waals surface area contributed by atoms with Gasteiger partial charge in [-0.25, -0.2) is 13.2 Å². The number of hydrogen-bond acceptors (Lipinski definition) is 7. The fraction of sp³-hybridized carbons (Fsp3) is 0.409. The third kappa shape index (κ3) is 6.53. The van der Waals surface area contributed by atoms with Gasteiger partial charge in [0.25, 0.3) is 0 Å². The second-order valence-corrected chi connectivity index (χ2v) is 10.7. The van der Waals surface area contributed by atoms with Gasteiger partial charge < -0.3 is 9.64 Å². The van der Waals surface area contributed by atoms with Gasteiger partial charge in [0.15, 0.2) is 9.84 Å². The summed E-state index contributed by atoms with van der Waals surface area (Å²) >= 11 is 0. The van der Waals surface area contributed by atoms with Crippen LogP contribution in [0.3, 0.4) is 0 Å². The monoisotopic (exact) mass is 565 g/mol. The number of fused-ring (bicyclic) bond motifs is 1. The molecule has 1 aliphatic heterocycles. The smallest absolute Gasteiger partial charge is 0.416 e. The standard InChI is InChI=1S/C22H21F6N5O4S/c23-21(24,25)15-9-14(10-16(11-15)22(26,27)28)13-37-20(34)33-5-3-32(4-6-33)7-8-38(35,36)17-1-2-18-19(12-17)30-31-29-18/h1-2,9-12H,3-8,13H2,(H,29,30,31). The van der Waals surface area contributed by atoms with E-state index in [0.717, 1.165) is 0 Å². The second kappa shape index (κ2) is 10.4. The van der Waals surface area contributed by atoms with Gasteiger partial charge in [-0.3, -0.25) is 4.90 Å². The molecule has 1 aliphatic rings. The lowest BCUT2D eigenvalue weighted by Gasteiger charge is -2.34. The van der Waals surface area contributed by atoms with Gasteiger partial charge in [-0.1, -0.05) is 0 Å². The number of hydrogen-bond donors (Lipinski definition) is 1. The predicted molar refractivity (Wildman–Crippen MR) is 121 cm³/mol. The molecule has 9 nitrogen and oxygen atoms in total. The van der Waals surface area contributed by atoms with Crippen molar-refractivity contribution in [3.05, 3.63) is 53.1 Å². The summed E-state index contributed by atoms with van der Waals surface area (Å²) in [4.78, 5) is 15.5. The topological polar surface area (TPSA) is 108 Å². The first kappa shape index (κ1) is 27.6. The fourth-order valence-corrected chi connectivity index (χ4v) is 5.17. The first-order chi connectivity index (χ1) is 17.7. The average molecular weight is 565 g/mol. The van der Waals surface area contributed by atoms with Gasteiger partial charge in [-0.2, -0.15) is 41.8 Å². The van der Waals surface area contributed by atoms with E-state index < -0.39 is 51.6 Å². The molecule has 0 aliphatic carbocycles. The maximum atomic E-state index is 13.0. The molecule has 0 bridgehead atoms. The zero-order chi connectivity index (χ0) is 27.7. The molecule has 3 aromatic rings. The Morgan fingerprint density at radius 2 is 1.50 bits per heavy atom. The molecule has 1 N–H and O–H groups in total. The van der Waals surface area contributed by atoms with E-state index in [0.29, 0.717) is 36.3 Å². The number of sulfone groups is 1. The van der Waals surface area contributed by atoms with E-state index in [1.54, 1.807) is 6.07 Å². The lowest BCUT2D eigenvalue weighted by molar-refractivity contribution is -0.143. The molecular weight excluding hydrogens is 544 g/mol. The van der Waals surface area contributed by atoms with E-state index in [-0.39, 0.29) is 36.3 Å². The number of benzene rings is 2. The van der Waals surface area contributed by atoms with Crippen LogP contribution in [-0.2, 0) is 33.5 Å².